The van der Waals surface area contributed by atoms with Gasteiger partial charge in [0.1, 0.15) is 5.56 Å². The summed E-state index contributed by atoms with van der Waals surface area (Å²) in [5.74, 6) is -1.41. The second kappa shape index (κ2) is 5.32. The molecule has 1 aromatic heterocycles. The number of halogens is 1. The molecule has 0 aliphatic carbocycles. The SMILES string of the molecule is Cc1c(C(=O)O)cnn1-c1ccc(OC(C)C)c(F)c1. The maximum atomic E-state index is 13.9. The first-order valence-corrected chi connectivity index (χ1v) is 6.14. The third-order valence-corrected chi connectivity index (χ3v) is 2.76. The molecular formula is C14H15FN2O3. The molecule has 1 N–H and O–H groups in total. The molecule has 0 amide bonds. The topological polar surface area (TPSA) is 64.3 Å². The summed E-state index contributed by atoms with van der Waals surface area (Å²) in [5.41, 5.74) is 0.978. The summed E-state index contributed by atoms with van der Waals surface area (Å²) in [4.78, 5) is 11.0. The largest absolute Gasteiger partial charge is 0.488 e. The minimum atomic E-state index is -1.06. The lowest BCUT2D eigenvalue weighted by molar-refractivity contribution is 0.0696. The zero-order valence-electron chi connectivity index (χ0n) is 11.4. The Hall–Kier alpha value is -2.37. The molecule has 106 valence electrons. The molecule has 0 aliphatic rings. The third kappa shape index (κ3) is 2.64. The van der Waals surface area contributed by atoms with E-state index in [4.69, 9.17) is 9.84 Å². The van der Waals surface area contributed by atoms with E-state index in [1.165, 1.54) is 23.0 Å². The molecule has 0 unspecified atom stereocenters. The van der Waals surface area contributed by atoms with Crippen molar-refractivity contribution in [1.29, 1.82) is 0 Å². The van der Waals surface area contributed by atoms with Crippen LogP contribution in [-0.2, 0) is 0 Å². The highest BCUT2D eigenvalue weighted by molar-refractivity contribution is 5.88. The second-order valence-electron chi connectivity index (χ2n) is 4.64. The lowest BCUT2D eigenvalue weighted by Crippen LogP contribution is -2.08. The highest BCUT2D eigenvalue weighted by atomic mass is 19.1. The summed E-state index contributed by atoms with van der Waals surface area (Å²) in [6.45, 7) is 5.24. The van der Waals surface area contributed by atoms with Crippen molar-refractivity contribution < 1.29 is 19.0 Å². The number of nitrogens with zero attached hydrogens (tertiary/aromatic N) is 2. The molecule has 0 atom stereocenters. The van der Waals surface area contributed by atoms with E-state index in [0.717, 1.165) is 0 Å². The van der Waals surface area contributed by atoms with Crippen LogP contribution in [0.25, 0.3) is 5.69 Å². The number of rotatable bonds is 4. The van der Waals surface area contributed by atoms with Crippen molar-refractivity contribution in [3.05, 3.63) is 41.5 Å². The van der Waals surface area contributed by atoms with Crippen LogP contribution in [0.5, 0.6) is 5.75 Å². The highest BCUT2D eigenvalue weighted by Gasteiger charge is 2.15. The van der Waals surface area contributed by atoms with Crippen LogP contribution in [0.1, 0.15) is 29.9 Å². The fraction of sp³-hybridized carbons (Fsp3) is 0.286. The molecule has 0 saturated heterocycles. The molecule has 1 heterocycles. The molecule has 0 saturated carbocycles. The average molecular weight is 278 g/mol. The number of carbonyl (C=O) groups is 1. The van der Waals surface area contributed by atoms with E-state index in [9.17, 15) is 9.18 Å². The van der Waals surface area contributed by atoms with Gasteiger partial charge in [0.15, 0.2) is 11.6 Å². The van der Waals surface area contributed by atoms with E-state index in [0.29, 0.717) is 11.4 Å². The molecule has 1 aromatic carbocycles. The predicted molar refractivity (Wildman–Crippen MR) is 71.0 cm³/mol. The smallest absolute Gasteiger partial charge is 0.339 e. The number of hydrogen-bond acceptors (Lipinski definition) is 3. The molecule has 0 bridgehead atoms. The first-order valence-electron chi connectivity index (χ1n) is 6.14. The van der Waals surface area contributed by atoms with E-state index in [-0.39, 0.29) is 17.4 Å². The van der Waals surface area contributed by atoms with Crippen LogP contribution in [0.3, 0.4) is 0 Å². The monoisotopic (exact) mass is 278 g/mol. The van der Waals surface area contributed by atoms with Gasteiger partial charge in [-0.05, 0) is 32.9 Å². The number of benzene rings is 1. The van der Waals surface area contributed by atoms with Gasteiger partial charge in [0, 0.05) is 6.07 Å². The van der Waals surface area contributed by atoms with Gasteiger partial charge in [0.2, 0.25) is 0 Å². The first-order chi connectivity index (χ1) is 9.40. The maximum absolute atomic E-state index is 13.9. The van der Waals surface area contributed by atoms with Crippen molar-refractivity contribution >= 4 is 5.97 Å². The number of carboxylic acids is 1. The van der Waals surface area contributed by atoms with Crippen molar-refractivity contribution in [2.75, 3.05) is 0 Å². The van der Waals surface area contributed by atoms with Gasteiger partial charge in [-0.2, -0.15) is 5.10 Å². The van der Waals surface area contributed by atoms with E-state index in [2.05, 4.69) is 5.10 Å². The van der Waals surface area contributed by atoms with Crippen LogP contribution in [-0.4, -0.2) is 27.0 Å². The van der Waals surface area contributed by atoms with Crippen LogP contribution in [0.15, 0.2) is 24.4 Å². The van der Waals surface area contributed by atoms with Crippen molar-refractivity contribution in [2.45, 2.75) is 26.9 Å². The summed E-state index contributed by atoms with van der Waals surface area (Å²) < 4.78 is 20.6. The molecule has 20 heavy (non-hydrogen) atoms. The van der Waals surface area contributed by atoms with E-state index >= 15 is 0 Å². The Morgan fingerprint density at radius 3 is 2.65 bits per heavy atom. The van der Waals surface area contributed by atoms with Gasteiger partial charge in [-0.1, -0.05) is 0 Å². The Kier molecular flexibility index (Phi) is 3.74. The van der Waals surface area contributed by atoms with Crippen LogP contribution < -0.4 is 4.74 Å². The molecule has 6 heteroatoms. The molecule has 0 fully saturated rings. The van der Waals surface area contributed by atoms with Crippen molar-refractivity contribution in [3.8, 4) is 11.4 Å². The second-order valence-corrected chi connectivity index (χ2v) is 4.64. The minimum absolute atomic E-state index is 0.0907. The van der Waals surface area contributed by atoms with Crippen LogP contribution >= 0.6 is 0 Å². The lowest BCUT2D eigenvalue weighted by atomic mass is 10.2. The lowest BCUT2D eigenvalue weighted by Gasteiger charge is -2.12. The zero-order valence-corrected chi connectivity index (χ0v) is 11.4. The highest BCUT2D eigenvalue weighted by Crippen LogP contribution is 2.23. The van der Waals surface area contributed by atoms with Crippen molar-refractivity contribution in [1.82, 2.24) is 9.78 Å². The van der Waals surface area contributed by atoms with Crippen LogP contribution in [0.4, 0.5) is 4.39 Å². The Labute approximate surface area is 115 Å². The Morgan fingerprint density at radius 2 is 2.15 bits per heavy atom. The number of aromatic carboxylic acids is 1. The third-order valence-electron chi connectivity index (χ3n) is 2.76. The number of aromatic nitrogens is 2. The first kappa shape index (κ1) is 14.0. The number of ether oxygens (including phenoxy) is 1. The molecule has 2 aromatic rings. The van der Waals surface area contributed by atoms with Gasteiger partial charge in [-0.3, -0.25) is 0 Å². The fourth-order valence-corrected chi connectivity index (χ4v) is 1.85. The molecule has 5 nitrogen and oxygen atoms in total. The van der Waals surface area contributed by atoms with E-state index in [1.807, 2.05) is 13.8 Å². The quantitative estimate of drug-likeness (QED) is 0.934. The fourth-order valence-electron chi connectivity index (χ4n) is 1.85. The normalized spacial score (nSPS) is 10.8. The van der Waals surface area contributed by atoms with Crippen LogP contribution in [0.2, 0.25) is 0 Å². The van der Waals surface area contributed by atoms with Crippen LogP contribution in [0, 0.1) is 12.7 Å². The number of hydrogen-bond donors (Lipinski definition) is 1. The Balaban J connectivity index is 2.39. The van der Waals surface area contributed by atoms with Crippen molar-refractivity contribution in [3.63, 3.8) is 0 Å². The standard InChI is InChI=1S/C14H15FN2O3/c1-8(2)20-13-5-4-10(6-12(13)15)17-9(3)11(7-16-17)14(18)19/h4-8H,1-3H3,(H,18,19). The summed E-state index contributed by atoms with van der Waals surface area (Å²) in [6, 6.07) is 4.40. The van der Waals surface area contributed by atoms with Gasteiger partial charge in [0.05, 0.1) is 23.7 Å². The molecule has 2 rings (SSSR count). The Morgan fingerprint density at radius 1 is 1.45 bits per heavy atom. The van der Waals surface area contributed by atoms with Crippen molar-refractivity contribution in [2.24, 2.45) is 0 Å². The van der Waals surface area contributed by atoms with E-state index < -0.39 is 11.8 Å². The van der Waals surface area contributed by atoms with Gasteiger partial charge in [0.25, 0.3) is 0 Å². The predicted octanol–water partition coefficient (Wildman–Crippen LogP) is 2.81. The minimum Gasteiger partial charge on any atom is -0.488 e. The summed E-state index contributed by atoms with van der Waals surface area (Å²) in [5, 5.41) is 12.9. The van der Waals surface area contributed by atoms with Gasteiger partial charge in [-0.15, -0.1) is 0 Å². The molecule has 0 radical (unpaired) electrons. The summed E-state index contributed by atoms with van der Waals surface area (Å²) in [7, 11) is 0. The Bertz CT molecular complexity index is 650. The summed E-state index contributed by atoms with van der Waals surface area (Å²) in [6.07, 6.45) is 1.12. The van der Waals surface area contributed by atoms with Gasteiger partial charge < -0.3 is 9.84 Å². The zero-order chi connectivity index (χ0) is 14.9. The molecule has 0 aliphatic heterocycles. The molecule has 0 spiro atoms. The molecular weight excluding hydrogens is 263 g/mol. The summed E-state index contributed by atoms with van der Waals surface area (Å²) >= 11 is 0. The van der Waals surface area contributed by atoms with E-state index in [1.54, 1.807) is 13.0 Å². The van der Waals surface area contributed by atoms with Gasteiger partial charge in [-0.25, -0.2) is 13.9 Å². The maximum Gasteiger partial charge on any atom is 0.339 e. The van der Waals surface area contributed by atoms with Gasteiger partial charge >= 0.3 is 5.97 Å². The number of carboxylic acid groups (broad SMARTS) is 1. The average Bonchev–Trinajstić information content (AvgIpc) is 2.73.